The summed E-state index contributed by atoms with van der Waals surface area (Å²) in [6, 6.07) is -18.8. The maximum Gasteiger partial charge on any atom is 0.326 e. The smallest absolute Gasteiger partial charge is 0.326 e. The first-order chi connectivity index (χ1) is 52.6. The van der Waals surface area contributed by atoms with Gasteiger partial charge in [0.25, 0.3) is 0 Å². The minimum atomic E-state index is -2.09. The van der Waals surface area contributed by atoms with Gasteiger partial charge in [0.2, 0.25) is 94.5 Å². The van der Waals surface area contributed by atoms with Crippen molar-refractivity contribution in [2.24, 2.45) is 63.3 Å². The van der Waals surface area contributed by atoms with E-state index in [9.17, 15) is 116 Å². The van der Waals surface area contributed by atoms with Crippen molar-refractivity contribution in [3.05, 3.63) is 0 Å². The Morgan fingerprint density at radius 1 is 0.327 bits per heavy atom. The number of aliphatic imine (C=N–C) groups is 1. The molecule has 0 aromatic carbocycles. The molecule has 0 aliphatic rings. The Morgan fingerprint density at radius 3 is 1.12 bits per heavy atom. The fourth-order valence-corrected chi connectivity index (χ4v) is 10.5. The second kappa shape index (κ2) is 52.7. The first-order valence-corrected chi connectivity index (χ1v) is 36.7. The number of hydrogen-bond donors (Lipinski definition) is 24. The summed E-state index contributed by atoms with van der Waals surface area (Å²) in [4.78, 5) is 266. The summed E-state index contributed by atoms with van der Waals surface area (Å²) in [7, 11) is 0. The third-order valence-corrected chi connectivity index (χ3v) is 16.5. The van der Waals surface area contributed by atoms with Crippen LogP contribution < -0.4 is 108 Å². The average molecular weight is 1610 g/mol. The standard InChI is InChI=1S/C68H117N21O24/c1-31(2)23-41(57(102)76-30-49(94)80-38(16-14-22-74-68(72)73)59(104)86-44(67(112)113)24-32(3)4)83-56(101)36(11)78-58(103)39(17-19-50(95)96)81-48(93)29-75-47(92)28-77-64(109)53(33(5)6)87-61(106)40(18-20-51(97)98)82-62(107)43(26-52(99)100)85-66(111)55(35(9)10)89-63(108)42(25-45(71)90)84-65(110)54(34(7)8)88-60(105)37(15-12-13-21-69)79-46(91)27-70/h31-44,53-55H,12-30,69-70H2,1-11H3,(H2,71,90)(H,75,92)(H,76,102)(H,77,109)(H,78,103)(H,79,91)(H,80,94)(H,81,93)(H,82,107)(H,83,101)(H,84,110)(H,85,111)(H,86,104)(H,87,106)(H,88,105)(H,89,108)(H,95,96)(H,97,98)(H,99,100)(H,112,113)(H4,72,73,74)/t36-,37-,38-,39-,40-,41-,42-,43-,44-,53-,54-,55-/m0/s1. The lowest BCUT2D eigenvalue weighted by Gasteiger charge is -2.29. The molecule has 29 N–H and O–H groups in total. The van der Waals surface area contributed by atoms with Crippen molar-refractivity contribution < 1.29 is 116 Å². The molecule has 0 aromatic rings. The highest BCUT2D eigenvalue weighted by Crippen LogP contribution is 2.14. The van der Waals surface area contributed by atoms with Gasteiger partial charge in [0.1, 0.15) is 72.5 Å². The largest absolute Gasteiger partial charge is 0.481 e. The fraction of sp³-hybridized carbons (Fsp3) is 0.691. The predicted octanol–water partition coefficient (Wildman–Crippen LogP) is -8.46. The van der Waals surface area contributed by atoms with Crippen molar-refractivity contribution in [1.29, 1.82) is 0 Å². The predicted molar refractivity (Wildman–Crippen MR) is 401 cm³/mol. The zero-order chi connectivity index (χ0) is 86.7. The molecule has 0 bridgehead atoms. The van der Waals surface area contributed by atoms with E-state index in [1.807, 2.05) is 0 Å². The molecule has 0 heterocycles. The van der Waals surface area contributed by atoms with Crippen molar-refractivity contribution in [3.63, 3.8) is 0 Å². The Morgan fingerprint density at radius 2 is 0.690 bits per heavy atom. The summed E-state index contributed by atoms with van der Waals surface area (Å²) in [5, 5.41) is 73.6. The van der Waals surface area contributed by atoms with Crippen LogP contribution in [0.5, 0.6) is 0 Å². The molecule has 0 rings (SSSR count). The third-order valence-electron chi connectivity index (χ3n) is 16.5. The van der Waals surface area contributed by atoms with E-state index < -0.39 is 273 Å². The van der Waals surface area contributed by atoms with Gasteiger partial charge < -0.3 is 129 Å². The Kier molecular flexibility index (Phi) is 47.4. The van der Waals surface area contributed by atoms with Crippen molar-refractivity contribution in [3.8, 4) is 0 Å². The van der Waals surface area contributed by atoms with Crippen LogP contribution in [0.15, 0.2) is 4.99 Å². The molecular weight excluding hydrogens is 1490 g/mol. The first-order valence-electron chi connectivity index (χ1n) is 36.7. The number of carbonyl (C=O) groups is 20. The third kappa shape index (κ3) is 42.5. The van der Waals surface area contributed by atoms with E-state index in [0.717, 1.165) is 0 Å². The van der Waals surface area contributed by atoms with Crippen molar-refractivity contribution in [2.45, 2.75) is 232 Å². The van der Waals surface area contributed by atoms with Crippen LogP contribution >= 0.6 is 0 Å². The number of nitrogens with one attached hydrogen (secondary N) is 15. The number of nitrogens with two attached hydrogens (primary N) is 5. The summed E-state index contributed by atoms with van der Waals surface area (Å²) in [5.41, 5.74) is 27.2. The van der Waals surface area contributed by atoms with Crippen LogP contribution in [0.2, 0.25) is 0 Å². The van der Waals surface area contributed by atoms with E-state index in [-0.39, 0.29) is 63.0 Å². The highest BCUT2D eigenvalue weighted by Gasteiger charge is 2.39. The summed E-state index contributed by atoms with van der Waals surface area (Å²) < 4.78 is 0. The number of rotatable bonds is 56. The number of carboxylic acid groups (broad SMARTS) is 4. The molecule has 113 heavy (non-hydrogen) atoms. The number of carbonyl (C=O) groups excluding carboxylic acids is 16. The molecule has 0 unspecified atom stereocenters. The highest BCUT2D eigenvalue weighted by atomic mass is 16.4. The summed E-state index contributed by atoms with van der Waals surface area (Å²) in [5.74, 6) is -25.6. The van der Waals surface area contributed by atoms with Crippen LogP contribution in [0.25, 0.3) is 0 Å². The van der Waals surface area contributed by atoms with Crippen LogP contribution in [0.3, 0.4) is 0 Å². The van der Waals surface area contributed by atoms with Crippen LogP contribution in [-0.2, 0) is 95.9 Å². The van der Waals surface area contributed by atoms with Crippen LogP contribution in [0.1, 0.15) is 160 Å². The maximum atomic E-state index is 14.0. The molecule has 45 heteroatoms. The van der Waals surface area contributed by atoms with Gasteiger partial charge in [-0.1, -0.05) is 69.2 Å². The van der Waals surface area contributed by atoms with Crippen molar-refractivity contribution in [2.75, 3.05) is 39.3 Å². The first kappa shape index (κ1) is 102. The number of hydrogen-bond acceptors (Lipinski definition) is 23. The monoisotopic (exact) mass is 1610 g/mol. The molecule has 0 fully saturated rings. The molecular formula is C68H117N21O24. The van der Waals surface area contributed by atoms with Crippen LogP contribution in [0.4, 0.5) is 0 Å². The van der Waals surface area contributed by atoms with E-state index in [1.54, 1.807) is 27.7 Å². The van der Waals surface area contributed by atoms with Gasteiger partial charge in [0, 0.05) is 19.4 Å². The topological polar surface area (TPSA) is 745 Å². The number of aliphatic carboxylic acids is 4. The van der Waals surface area contributed by atoms with E-state index >= 15 is 0 Å². The molecule has 0 saturated carbocycles. The maximum absolute atomic E-state index is 14.0. The molecule has 638 valence electrons. The number of amides is 16. The fourth-order valence-electron chi connectivity index (χ4n) is 10.5. The zero-order valence-electron chi connectivity index (χ0n) is 65.5. The van der Waals surface area contributed by atoms with Gasteiger partial charge in [-0.25, -0.2) is 4.79 Å². The quantitative estimate of drug-likeness (QED) is 0.0153. The minimum absolute atomic E-state index is 0.0193. The zero-order valence-corrected chi connectivity index (χ0v) is 65.5. The second-order valence-electron chi connectivity index (χ2n) is 28.5. The van der Waals surface area contributed by atoms with E-state index in [2.05, 4.69) is 84.7 Å². The Balaban J connectivity index is 6.32. The molecule has 0 aromatic heterocycles. The number of carboxylic acids is 4. The lowest BCUT2D eigenvalue weighted by molar-refractivity contribution is -0.143. The molecule has 0 spiro atoms. The van der Waals surface area contributed by atoms with Gasteiger partial charge in [-0.3, -0.25) is 96.1 Å². The van der Waals surface area contributed by atoms with Gasteiger partial charge in [-0.05, 0) is 101 Å². The second-order valence-corrected chi connectivity index (χ2v) is 28.5. The van der Waals surface area contributed by atoms with Gasteiger partial charge in [0.15, 0.2) is 5.96 Å². The summed E-state index contributed by atoms with van der Waals surface area (Å²) in [6.45, 7) is 14.1. The minimum Gasteiger partial charge on any atom is -0.481 e. The number of nitrogens with zero attached hydrogens (tertiary/aromatic N) is 1. The van der Waals surface area contributed by atoms with Crippen molar-refractivity contribution in [1.82, 2.24) is 79.8 Å². The normalized spacial score (nSPS) is 14.2. The van der Waals surface area contributed by atoms with Crippen LogP contribution in [0, 0.1) is 29.6 Å². The van der Waals surface area contributed by atoms with E-state index in [1.165, 1.54) is 48.5 Å². The number of guanidine groups is 1. The van der Waals surface area contributed by atoms with E-state index in [4.69, 9.17) is 28.7 Å². The molecule has 0 aliphatic carbocycles. The Hall–Kier alpha value is -11.4. The van der Waals surface area contributed by atoms with Gasteiger partial charge in [-0.15, -0.1) is 0 Å². The number of unbranched alkanes of at least 4 members (excludes halogenated alkanes) is 1. The van der Waals surface area contributed by atoms with Gasteiger partial charge >= 0.3 is 23.9 Å². The molecule has 16 amide bonds. The highest BCUT2D eigenvalue weighted by molar-refractivity contribution is 6.01. The Labute approximate surface area is 652 Å². The summed E-state index contributed by atoms with van der Waals surface area (Å²) >= 11 is 0. The van der Waals surface area contributed by atoms with Gasteiger partial charge in [-0.2, -0.15) is 0 Å². The molecule has 0 radical (unpaired) electrons. The lowest BCUT2D eigenvalue weighted by Crippen LogP contribution is -2.62. The SMILES string of the molecule is CC(C)C[C@H](NC(=O)[C@H](CCCN=C(N)N)NC(=O)CNC(=O)[C@H](CC(C)C)NC(=O)[C@H](C)NC(=O)[C@H](CCC(=O)O)NC(=O)CNC(=O)CNC(=O)[C@@H](NC(=O)[C@H](CCC(=O)O)NC(=O)[C@H](CC(=O)O)NC(=O)[C@@H](NC(=O)[C@H](CC(N)=O)NC(=O)[C@@H](NC(=O)[C@H](CCCCN)NC(=O)CN)C(C)C)C(C)C)C(C)C)C(=O)O. The molecule has 45 nitrogen and oxygen atoms in total. The van der Waals surface area contributed by atoms with Gasteiger partial charge in [0.05, 0.1) is 39.0 Å². The molecule has 0 saturated heterocycles. The molecule has 12 atom stereocenters. The van der Waals surface area contributed by atoms with Crippen LogP contribution in [-0.4, -0.2) is 257 Å². The Bertz CT molecular complexity index is 3350. The average Bonchev–Trinajstić information content (AvgIpc) is 0.852. The molecule has 0 aliphatic heterocycles. The summed E-state index contributed by atoms with van der Waals surface area (Å²) in [6.07, 6.45) is -3.75. The lowest BCUT2D eigenvalue weighted by atomic mass is 9.99. The van der Waals surface area contributed by atoms with E-state index in [0.29, 0.717) is 12.8 Å². The van der Waals surface area contributed by atoms with Crippen molar-refractivity contribution >= 4 is 124 Å². The number of primary amides is 1.